The van der Waals surface area contributed by atoms with Crippen LogP contribution in [0.4, 0.5) is 5.69 Å². The molecule has 0 saturated carbocycles. The van der Waals surface area contributed by atoms with Crippen LogP contribution >= 0.6 is 11.6 Å². The smallest absolute Gasteiger partial charge is 0.236 e. The Morgan fingerprint density at radius 1 is 1.13 bits per heavy atom. The first-order chi connectivity index (χ1) is 14.5. The molecule has 0 radical (unpaired) electrons. The second kappa shape index (κ2) is 6.34. The lowest BCUT2D eigenvalue weighted by Crippen LogP contribution is -2.36. The Bertz CT molecular complexity index is 1500. The fraction of sp³-hybridized carbons (Fsp3) is 0.273. The third-order valence-electron chi connectivity index (χ3n) is 5.87. The van der Waals surface area contributed by atoms with Crippen LogP contribution in [0.3, 0.4) is 0 Å². The quantitative estimate of drug-likeness (QED) is 0.476. The van der Waals surface area contributed by atoms with Crippen molar-refractivity contribution in [1.82, 2.24) is 18.7 Å². The van der Waals surface area contributed by atoms with Gasteiger partial charge in [0.15, 0.2) is 5.82 Å². The van der Waals surface area contributed by atoms with E-state index < -0.39 is 15.6 Å². The first-order valence-electron chi connectivity index (χ1n) is 9.86. The van der Waals surface area contributed by atoms with E-state index in [0.29, 0.717) is 10.5 Å². The second-order valence-electron chi connectivity index (χ2n) is 8.52. The topological polar surface area (TPSA) is 81.8 Å². The highest BCUT2D eigenvalue weighted by Crippen LogP contribution is 2.46. The molecular weight excluding hydrogens is 434 g/mol. The number of nitrogens with zero attached hydrogens (tertiary/aromatic N) is 4. The summed E-state index contributed by atoms with van der Waals surface area (Å²) in [5.74, 6) is 1.62. The number of hydrogen-bond donors (Lipinski definition) is 1. The molecule has 9 heteroatoms. The molecule has 0 fully saturated rings. The van der Waals surface area contributed by atoms with Gasteiger partial charge in [-0.2, -0.15) is 0 Å². The van der Waals surface area contributed by atoms with E-state index >= 15 is 0 Å². The van der Waals surface area contributed by atoms with Crippen molar-refractivity contribution in [3.8, 4) is 16.8 Å². The lowest BCUT2D eigenvalue weighted by Gasteiger charge is -2.35. The first-order valence-corrected chi connectivity index (χ1v) is 12.1. The summed E-state index contributed by atoms with van der Waals surface area (Å²) in [6.07, 6.45) is 2.78. The lowest BCUT2D eigenvalue weighted by atomic mass is 9.92. The Morgan fingerprint density at radius 2 is 1.87 bits per heavy atom. The number of benzene rings is 2. The molecule has 0 saturated heterocycles. The third kappa shape index (κ3) is 2.81. The molecule has 1 aliphatic heterocycles. The van der Waals surface area contributed by atoms with Gasteiger partial charge in [-0.05, 0) is 57.0 Å². The minimum atomic E-state index is -3.42. The molecule has 31 heavy (non-hydrogen) atoms. The molecule has 0 bridgehead atoms. The van der Waals surface area contributed by atoms with Crippen LogP contribution in [0.5, 0.6) is 0 Å². The molecule has 3 heterocycles. The minimum Gasteiger partial charge on any atom is -0.371 e. The van der Waals surface area contributed by atoms with Gasteiger partial charge in [0.05, 0.1) is 33.7 Å². The molecule has 1 aliphatic rings. The molecule has 0 atom stereocenters. The van der Waals surface area contributed by atoms with Gasteiger partial charge < -0.3 is 5.32 Å². The van der Waals surface area contributed by atoms with Crippen molar-refractivity contribution in [2.45, 2.75) is 33.2 Å². The summed E-state index contributed by atoms with van der Waals surface area (Å²) < 4.78 is 27.8. The van der Waals surface area contributed by atoms with Gasteiger partial charge in [-0.1, -0.05) is 23.7 Å². The normalized spacial score (nSPS) is 14.9. The van der Waals surface area contributed by atoms with Crippen molar-refractivity contribution in [2.24, 2.45) is 0 Å². The minimum absolute atomic E-state index is 0.404. The molecule has 0 aliphatic carbocycles. The van der Waals surface area contributed by atoms with Gasteiger partial charge in [-0.25, -0.2) is 12.4 Å². The van der Waals surface area contributed by atoms with Crippen molar-refractivity contribution >= 4 is 38.2 Å². The van der Waals surface area contributed by atoms with Gasteiger partial charge in [-0.3, -0.25) is 4.57 Å². The van der Waals surface area contributed by atoms with Crippen molar-refractivity contribution in [1.29, 1.82) is 0 Å². The highest BCUT2D eigenvalue weighted by atomic mass is 35.5. The molecule has 4 aromatic rings. The zero-order valence-corrected chi connectivity index (χ0v) is 19.4. The van der Waals surface area contributed by atoms with Crippen molar-refractivity contribution < 1.29 is 8.42 Å². The summed E-state index contributed by atoms with van der Waals surface area (Å²) in [6, 6.07) is 9.36. The van der Waals surface area contributed by atoms with Crippen LogP contribution < -0.4 is 5.32 Å². The molecular formula is C22H22ClN5O2S. The maximum absolute atomic E-state index is 12.2. The summed E-state index contributed by atoms with van der Waals surface area (Å²) >= 11 is 6.83. The molecule has 2 aromatic carbocycles. The number of aromatic nitrogens is 4. The highest BCUT2D eigenvalue weighted by Gasteiger charge is 2.36. The van der Waals surface area contributed by atoms with Crippen LogP contribution in [0.15, 0.2) is 36.5 Å². The number of hydrogen-bond acceptors (Lipinski definition) is 5. The maximum Gasteiger partial charge on any atom is 0.236 e. The Kier molecular flexibility index (Phi) is 4.11. The van der Waals surface area contributed by atoms with E-state index in [4.69, 9.17) is 11.6 Å². The second-order valence-corrected chi connectivity index (χ2v) is 10.8. The number of rotatable bonds is 2. The standard InChI is InChI=1S/C22H22ClN5O2S/c1-12-19(15-7-6-8-18-14(15)9-10-27(18)31(5,29)30)16(23)11-17-20(12)28-13(2)25-26-21(28)22(3,4)24-17/h6-11,24H,1-5H3. The average molecular weight is 456 g/mol. The highest BCUT2D eigenvalue weighted by molar-refractivity contribution is 7.89. The SMILES string of the molecule is Cc1c(-c2cccc3c2ccn3S(C)(=O)=O)c(Cl)cc2c1-n1c(C)nnc1C(C)(C)N2. The number of aryl methyl sites for hydroxylation is 1. The predicted octanol–water partition coefficient (Wildman–Crippen LogP) is 4.63. The Labute approximate surface area is 185 Å². The lowest BCUT2D eigenvalue weighted by molar-refractivity contribution is 0.535. The molecule has 1 N–H and O–H groups in total. The predicted molar refractivity (Wildman–Crippen MR) is 124 cm³/mol. The summed E-state index contributed by atoms with van der Waals surface area (Å²) in [4.78, 5) is 0. The van der Waals surface area contributed by atoms with E-state index in [0.717, 1.165) is 45.1 Å². The molecule has 2 aromatic heterocycles. The number of anilines is 1. The van der Waals surface area contributed by atoms with Crippen LogP contribution in [0.1, 0.15) is 31.1 Å². The van der Waals surface area contributed by atoms with Gasteiger partial charge in [-0.15, -0.1) is 10.2 Å². The molecule has 7 nitrogen and oxygen atoms in total. The first kappa shape index (κ1) is 20.1. The molecule has 160 valence electrons. The van der Waals surface area contributed by atoms with Crippen LogP contribution in [0, 0.1) is 13.8 Å². The Morgan fingerprint density at radius 3 is 2.58 bits per heavy atom. The molecule has 0 spiro atoms. The third-order valence-corrected chi connectivity index (χ3v) is 7.20. The van der Waals surface area contributed by atoms with E-state index in [1.54, 1.807) is 12.3 Å². The summed E-state index contributed by atoms with van der Waals surface area (Å²) in [5, 5.41) is 13.7. The van der Waals surface area contributed by atoms with Crippen molar-refractivity contribution in [3.63, 3.8) is 0 Å². The Balaban J connectivity index is 1.84. The summed E-state index contributed by atoms with van der Waals surface area (Å²) in [7, 11) is -3.42. The summed E-state index contributed by atoms with van der Waals surface area (Å²) in [6.45, 7) is 8.07. The van der Waals surface area contributed by atoms with Crippen LogP contribution in [0.25, 0.3) is 27.7 Å². The van der Waals surface area contributed by atoms with Crippen LogP contribution in [-0.2, 0) is 15.6 Å². The molecule has 0 amide bonds. The van der Waals surface area contributed by atoms with E-state index in [9.17, 15) is 8.42 Å². The van der Waals surface area contributed by atoms with Crippen LogP contribution in [0.2, 0.25) is 5.02 Å². The number of nitrogens with one attached hydrogen (secondary N) is 1. The number of halogens is 1. The monoisotopic (exact) mass is 455 g/mol. The summed E-state index contributed by atoms with van der Waals surface area (Å²) in [5.41, 5.74) is 4.78. The largest absolute Gasteiger partial charge is 0.371 e. The van der Waals surface area contributed by atoms with Crippen molar-refractivity contribution in [3.05, 3.63) is 58.8 Å². The van der Waals surface area contributed by atoms with Crippen LogP contribution in [-0.4, -0.2) is 33.4 Å². The van der Waals surface area contributed by atoms with E-state index in [1.165, 1.54) is 10.2 Å². The van der Waals surface area contributed by atoms with Crippen molar-refractivity contribution in [2.75, 3.05) is 11.6 Å². The maximum atomic E-state index is 12.2. The van der Waals surface area contributed by atoms with Gasteiger partial charge in [0, 0.05) is 17.1 Å². The van der Waals surface area contributed by atoms with E-state index in [1.807, 2.05) is 38.1 Å². The van der Waals surface area contributed by atoms with Gasteiger partial charge >= 0.3 is 0 Å². The van der Waals surface area contributed by atoms with E-state index in [2.05, 4.69) is 33.9 Å². The van der Waals surface area contributed by atoms with Gasteiger partial charge in [0.25, 0.3) is 0 Å². The zero-order chi connectivity index (χ0) is 22.3. The fourth-order valence-electron chi connectivity index (χ4n) is 4.56. The number of fused-ring (bicyclic) bond motifs is 4. The average Bonchev–Trinajstić information content (AvgIpc) is 3.26. The zero-order valence-electron chi connectivity index (χ0n) is 17.9. The Hall–Kier alpha value is -2.84. The molecule has 0 unspecified atom stereocenters. The van der Waals surface area contributed by atoms with Gasteiger partial charge in [0.1, 0.15) is 5.82 Å². The fourth-order valence-corrected chi connectivity index (χ4v) is 5.71. The van der Waals surface area contributed by atoms with E-state index in [-0.39, 0.29) is 0 Å². The molecule has 5 rings (SSSR count). The van der Waals surface area contributed by atoms with Gasteiger partial charge in [0.2, 0.25) is 10.0 Å².